The third kappa shape index (κ3) is 8.90. The molecule has 0 saturated heterocycles. The van der Waals surface area contributed by atoms with Gasteiger partial charge in [0.2, 0.25) is 0 Å². The van der Waals surface area contributed by atoms with Crippen LogP contribution in [0.5, 0.6) is 0 Å². The Hall–Kier alpha value is -1.57. The summed E-state index contributed by atoms with van der Waals surface area (Å²) in [5, 5.41) is 5.50. The minimum Gasteiger partial charge on any atom is -0.465 e. The number of aromatic nitrogens is 3. The summed E-state index contributed by atoms with van der Waals surface area (Å²) in [4.78, 5) is 37.0. The number of thioether (sulfide) groups is 1. The number of carbonyl (C=O) groups is 1. The van der Waals surface area contributed by atoms with Crippen LogP contribution in [0.2, 0.25) is 0 Å². The van der Waals surface area contributed by atoms with E-state index in [1.165, 1.54) is 32.1 Å². The van der Waals surface area contributed by atoms with E-state index in [0.717, 1.165) is 31.0 Å². The molecule has 8 heteroatoms. The standard InChI is InChI=1S/C17H29N3O4S/c1-3-5-6-7-8-9-10-11-12-13(16(22)24-4-2)25-15-14(21)18-17(23)20-19-15/h13H,3-12H2,1-2H3,(H2,18,20,21,23)/t13-/m0/s1. The maximum Gasteiger partial charge on any atom is 0.342 e. The number of unbranched alkanes of at least 4 members (excludes halogenated alkanes) is 7. The minimum absolute atomic E-state index is 0.0808. The Bertz CT molecular complexity index is 614. The van der Waals surface area contributed by atoms with Gasteiger partial charge in [-0.3, -0.25) is 14.6 Å². The average Bonchev–Trinajstić information content (AvgIpc) is 2.58. The molecule has 0 radical (unpaired) electrons. The molecule has 0 bridgehead atoms. The van der Waals surface area contributed by atoms with Crippen LogP contribution in [-0.2, 0) is 9.53 Å². The molecule has 142 valence electrons. The van der Waals surface area contributed by atoms with Crippen molar-refractivity contribution < 1.29 is 9.53 Å². The Balaban J connectivity index is 2.47. The summed E-state index contributed by atoms with van der Waals surface area (Å²) in [5.41, 5.74) is -1.25. The topological polar surface area (TPSA) is 105 Å². The van der Waals surface area contributed by atoms with E-state index in [-0.39, 0.29) is 11.0 Å². The molecule has 1 aromatic heterocycles. The van der Waals surface area contributed by atoms with Crippen molar-refractivity contribution in [3.63, 3.8) is 0 Å². The second-order valence-electron chi connectivity index (χ2n) is 5.93. The second-order valence-corrected chi connectivity index (χ2v) is 7.13. The number of hydrogen-bond donors (Lipinski definition) is 2. The van der Waals surface area contributed by atoms with Gasteiger partial charge in [-0.2, -0.15) is 5.10 Å². The van der Waals surface area contributed by atoms with Gasteiger partial charge >= 0.3 is 11.7 Å². The van der Waals surface area contributed by atoms with Gasteiger partial charge in [0.1, 0.15) is 5.25 Å². The van der Waals surface area contributed by atoms with Crippen molar-refractivity contribution in [2.75, 3.05) is 6.61 Å². The van der Waals surface area contributed by atoms with E-state index in [1.54, 1.807) is 6.92 Å². The lowest BCUT2D eigenvalue weighted by Gasteiger charge is -2.14. The van der Waals surface area contributed by atoms with Gasteiger partial charge < -0.3 is 4.74 Å². The highest BCUT2D eigenvalue weighted by Gasteiger charge is 2.23. The van der Waals surface area contributed by atoms with E-state index < -0.39 is 16.5 Å². The Kier molecular flexibility index (Phi) is 10.9. The quantitative estimate of drug-likeness (QED) is 0.314. The van der Waals surface area contributed by atoms with Crippen LogP contribution in [0.4, 0.5) is 0 Å². The molecule has 0 unspecified atom stereocenters. The molecule has 7 nitrogen and oxygen atoms in total. The van der Waals surface area contributed by atoms with E-state index in [4.69, 9.17) is 4.74 Å². The van der Waals surface area contributed by atoms with E-state index in [2.05, 4.69) is 22.1 Å². The van der Waals surface area contributed by atoms with Gasteiger partial charge in [0.15, 0.2) is 5.03 Å². The molecule has 0 spiro atoms. The predicted molar refractivity (Wildman–Crippen MR) is 99.0 cm³/mol. The summed E-state index contributed by atoms with van der Waals surface area (Å²) in [6.45, 7) is 4.25. The third-order valence-corrected chi connectivity index (χ3v) is 5.02. The van der Waals surface area contributed by atoms with Crippen LogP contribution in [0, 0.1) is 0 Å². The summed E-state index contributed by atoms with van der Waals surface area (Å²) in [6, 6.07) is 0. The van der Waals surface area contributed by atoms with Crippen LogP contribution < -0.4 is 11.2 Å². The van der Waals surface area contributed by atoms with Crippen molar-refractivity contribution >= 4 is 17.7 Å². The molecule has 0 amide bonds. The van der Waals surface area contributed by atoms with Crippen LogP contribution >= 0.6 is 11.8 Å². The van der Waals surface area contributed by atoms with Crippen molar-refractivity contribution in [1.29, 1.82) is 0 Å². The minimum atomic E-state index is -0.662. The Morgan fingerprint density at radius 1 is 1.08 bits per heavy atom. The molecule has 0 aromatic carbocycles. The fourth-order valence-corrected chi connectivity index (χ4v) is 3.45. The maximum absolute atomic E-state index is 12.1. The summed E-state index contributed by atoms with van der Waals surface area (Å²) in [5.74, 6) is -0.345. The van der Waals surface area contributed by atoms with Crippen LogP contribution in [0.15, 0.2) is 14.6 Å². The fourth-order valence-electron chi connectivity index (χ4n) is 2.48. The van der Waals surface area contributed by atoms with Crippen molar-refractivity contribution in [2.24, 2.45) is 0 Å². The molecule has 1 rings (SSSR count). The monoisotopic (exact) mass is 371 g/mol. The summed E-state index contributed by atoms with van der Waals surface area (Å²) >= 11 is 1.05. The van der Waals surface area contributed by atoms with Crippen molar-refractivity contribution in [1.82, 2.24) is 15.2 Å². The summed E-state index contributed by atoms with van der Waals surface area (Å²) < 4.78 is 5.09. The zero-order chi connectivity index (χ0) is 18.5. The summed E-state index contributed by atoms with van der Waals surface area (Å²) in [6.07, 6.45) is 10.0. The van der Waals surface area contributed by atoms with E-state index in [1.807, 2.05) is 0 Å². The van der Waals surface area contributed by atoms with Crippen LogP contribution in [0.25, 0.3) is 0 Å². The highest BCUT2D eigenvalue weighted by Crippen LogP contribution is 2.24. The highest BCUT2D eigenvalue weighted by atomic mass is 32.2. The van der Waals surface area contributed by atoms with Gasteiger partial charge in [-0.15, -0.1) is 0 Å². The zero-order valence-electron chi connectivity index (χ0n) is 15.1. The molecule has 0 fully saturated rings. The first-order chi connectivity index (χ1) is 12.1. The number of aromatic amines is 2. The van der Waals surface area contributed by atoms with Crippen molar-refractivity contribution in [3.05, 3.63) is 20.8 Å². The van der Waals surface area contributed by atoms with Gasteiger partial charge in [-0.1, -0.05) is 70.1 Å². The number of nitrogens with zero attached hydrogens (tertiary/aromatic N) is 1. The number of nitrogens with one attached hydrogen (secondary N) is 2. The Morgan fingerprint density at radius 2 is 1.72 bits per heavy atom. The van der Waals surface area contributed by atoms with Gasteiger partial charge in [0, 0.05) is 0 Å². The molecule has 0 aliphatic carbocycles. The van der Waals surface area contributed by atoms with Crippen molar-refractivity contribution in [2.45, 2.75) is 81.9 Å². The lowest BCUT2D eigenvalue weighted by atomic mass is 10.1. The van der Waals surface area contributed by atoms with Crippen LogP contribution in [-0.4, -0.2) is 33.0 Å². The van der Waals surface area contributed by atoms with Gasteiger partial charge in [-0.25, -0.2) is 9.89 Å². The largest absolute Gasteiger partial charge is 0.465 e. The first-order valence-electron chi connectivity index (χ1n) is 9.10. The van der Waals surface area contributed by atoms with Gasteiger partial charge in [-0.05, 0) is 13.3 Å². The molecule has 25 heavy (non-hydrogen) atoms. The van der Waals surface area contributed by atoms with Crippen LogP contribution in [0.1, 0.15) is 71.6 Å². The number of carbonyl (C=O) groups excluding carboxylic acids is 1. The number of H-pyrrole nitrogens is 2. The normalized spacial score (nSPS) is 12.1. The molecule has 1 heterocycles. The lowest BCUT2D eigenvalue weighted by Crippen LogP contribution is -2.28. The molecular weight excluding hydrogens is 342 g/mol. The third-order valence-electron chi connectivity index (χ3n) is 3.80. The Morgan fingerprint density at radius 3 is 2.32 bits per heavy atom. The Labute approximate surface area is 152 Å². The SMILES string of the molecule is CCCCCCCCCC[C@H](Sc1n[nH]c(=O)[nH]c1=O)C(=O)OCC. The molecule has 1 aromatic rings. The molecule has 0 aliphatic rings. The molecule has 0 aliphatic heterocycles. The maximum atomic E-state index is 12.1. The summed E-state index contributed by atoms with van der Waals surface area (Å²) in [7, 11) is 0. The van der Waals surface area contributed by atoms with E-state index in [0.29, 0.717) is 13.0 Å². The molecular formula is C17H29N3O4S. The lowest BCUT2D eigenvalue weighted by molar-refractivity contribution is -0.142. The molecule has 0 saturated carbocycles. The fraction of sp³-hybridized carbons (Fsp3) is 0.765. The number of rotatable bonds is 13. The van der Waals surface area contributed by atoms with Gasteiger partial charge in [0.25, 0.3) is 5.56 Å². The molecule has 2 N–H and O–H groups in total. The number of hydrogen-bond acceptors (Lipinski definition) is 6. The average molecular weight is 372 g/mol. The van der Waals surface area contributed by atoms with Crippen LogP contribution in [0.3, 0.4) is 0 Å². The zero-order valence-corrected chi connectivity index (χ0v) is 16.0. The second kappa shape index (κ2) is 12.7. The van der Waals surface area contributed by atoms with E-state index in [9.17, 15) is 14.4 Å². The predicted octanol–water partition coefficient (Wildman–Crippen LogP) is 3.01. The first-order valence-corrected chi connectivity index (χ1v) is 9.98. The van der Waals surface area contributed by atoms with Crippen molar-refractivity contribution in [3.8, 4) is 0 Å². The first kappa shape index (κ1) is 21.5. The number of esters is 1. The van der Waals surface area contributed by atoms with Gasteiger partial charge in [0.05, 0.1) is 6.61 Å². The van der Waals surface area contributed by atoms with E-state index >= 15 is 0 Å². The highest BCUT2D eigenvalue weighted by molar-refractivity contribution is 8.00. The molecule has 1 atom stereocenters. The smallest absolute Gasteiger partial charge is 0.342 e. The number of ether oxygens (including phenoxy) is 1.